The molecule has 114 valence electrons. The molecule has 2 aliphatic heterocycles. The van der Waals surface area contributed by atoms with Gasteiger partial charge in [0.05, 0.1) is 12.1 Å². The van der Waals surface area contributed by atoms with Gasteiger partial charge in [0.15, 0.2) is 0 Å². The summed E-state index contributed by atoms with van der Waals surface area (Å²) in [5.41, 5.74) is 1.03. The molecule has 0 aromatic heterocycles. The zero-order valence-corrected chi connectivity index (χ0v) is 12.0. The fourth-order valence-corrected chi connectivity index (χ4v) is 3.13. The number of aliphatic hydroxyl groups is 1. The summed E-state index contributed by atoms with van der Waals surface area (Å²) in [5.74, 6) is -0.110. The molecule has 0 saturated carbocycles. The summed E-state index contributed by atoms with van der Waals surface area (Å²) in [6.07, 6.45) is 2.66. The molecule has 2 fully saturated rings. The minimum Gasteiger partial charge on any atom is -0.389 e. The van der Waals surface area contributed by atoms with Crippen LogP contribution in [-0.2, 0) is 11.3 Å². The van der Waals surface area contributed by atoms with Crippen LogP contribution in [0.4, 0.5) is 4.39 Å². The second-order valence-electron chi connectivity index (χ2n) is 6.01. The quantitative estimate of drug-likeness (QED) is 0.915. The lowest BCUT2D eigenvalue weighted by Crippen LogP contribution is -2.59. The summed E-state index contributed by atoms with van der Waals surface area (Å²) in [6, 6.07) is 6.37. The molecule has 2 saturated heterocycles. The largest absolute Gasteiger partial charge is 0.389 e. The molecule has 0 aliphatic carbocycles. The van der Waals surface area contributed by atoms with E-state index in [-0.39, 0.29) is 23.9 Å². The monoisotopic (exact) mass is 292 g/mol. The average molecular weight is 292 g/mol. The van der Waals surface area contributed by atoms with Crippen LogP contribution in [0.15, 0.2) is 24.3 Å². The van der Waals surface area contributed by atoms with Gasteiger partial charge in [-0.05, 0) is 37.1 Å². The summed E-state index contributed by atoms with van der Waals surface area (Å²) in [7, 11) is 0. The molecular weight excluding hydrogens is 271 g/mol. The molecule has 2 aliphatic rings. The molecule has 1 aromatic rings. The third kappa shape index (κ3) is 3.24. The number of nitrogens with zero attached hydrogens (tertiary/aromatic N) is 2. The lowest BCUT2D eigenvalue weighted by atomic mass is 9.98. The van der Waals surface area contributed by atoms with Crippen LogP contribution in [0.2, 0.25) is 0 Å². The first-order valence-corrected chi connectivity index (χ1v) is 7.59. The number of hydrogen-bond donors (Lipinski definition) is 1. The summed E-state index contributed by atoms with van der Waals surface area (Å²) < 4.78 is 13.0. The van der Waals surface area contributed by atoms with E-state index in [2.05, 4.69) is 4.90 Å². The highest BCUT2D eigenvalue weighted by atomic mass is 19.1. The van der Waals surface area contributed by atoms with Gasteiger partial charge in [-0.1, -0.05) is 18.6 Å². The van der Waals surface area contributed by atoms with Gasteiger partial charge in [-0.15, -0.1) is 0 Å². The molecule has 1 amide bonds. The zero-order valence-electron chi connectivity index (χ0n) is 12.0. The van der Waals surface area contributed by atoms with Crippen LogP contribution in [-0.4, -0.2) is 52.6 Å². The maximum absolute atomic E-state index is 13.0. The summed E-state index contributed by atoms with van der Waals surface area (Å²) in [4.78, 5) is 16.4. The Morgan fingerprint density at radius 1 is 1.24 bits per heavy atom. The Balaban J connectivity index is 1.66. The number of carbonyl (C=O) groups excluding carboxylic acids is 1. The van der Waals surface area contributed by atoms with E-state index < -0.39 is 0 Å². The Kier molecular flexibility index (Phi) is 4.22. The number of rotatable bonds is 3. The molecule has 4 nitrogen and oxygen atoms in total. The Morgan fingerprint density at radius 2 is 1.95 bits per heavy atom. The number of hydrogen-bond acceptors (Lipinski definition) is 3. The molecule has 1 unspecified atom stereocenters. The normalized spacial score (nSPS) is 23.9. The van der Waals surface area contributed by atoms with Crippen LogP contribution in [0.1, 0.15) is 24.8 Å². The van der Waals surface area contributed by atoms with Gasteiger partial charge in [-0.3, -0.25) is 9.69 Å². The number of carbonyl (C=O) groups is 1. The number of β-amino-alcohol motifs (C(OH)–C–C–N with tert-alkyl or cyclic N) is 1. The second kappa shape index (κ2) is 6.12. The average Bonchev–Trinajstić information content (AvgIpc) is 2.46. The van der Waals surface area contributed by atoms with Crippen molar-refractivity contribution in [3.05, 3.63) is 35.6 Å². The van der Waals surface area contributed by atoms with E-state index in [1.54, 1.807) is 17.0 Å². The van der Waals surface area contributed by atoms with E-state index in [4.69, 9.17) is 0 Å². The molecule has 1 atom stereocenters. The highest BCUT2D eigenvalue weighted by Crippen LogP contribution is 2.23. The van der Waals surface area contributed by atoms with Gasteiger partial charge in [0, 0.05) is 19.6 Å². The van der Waals surface area contributed by atoms with Gasteiger partial charge in [-0.25, -0.2) is 4.39 Å². The molecule has 0 spiro atoms. The number of benzene rings is 1. The smallest absolute Gasteiger partial charge is 0.240 e. The van der Waals surface area contributed by atoms with Crippen molar-refractivity contribution in [1.82, 2.24) is 9.80 Å². The SMILES string of the molecule is O=C(C1CCCCN1Cc1ccc(F)cc1)N1CC(O)C1. The first-order chi connectivity index (χ1) is 10.1. The Labute approximate surface area is 124 Å². The van der Waals surface area contributed by atoms with Crippen LogP contribution in [0, 0.1) is 5.82 Å². The van der Waals surface area contributed by atoms with Crippen LogP contribution < -0.4 is 0 Å². The topological polar surface area (TPSA) is 43.8 Å². The molecular formula is C16H21FN2O2. The molecule has 1 aromatic carbocycles. The van der Waals surface area contributed by atoms with Gasteiger partial charge in [0.2, 0.25) is 5.91 Å². The van der Waals surface area contributed by atoms with Crippen molar-refractivity contribution >= 4 is 5.91 Å². The predicted octanol–water partition coefficient (Wildman–Crippen LogP) is 1.38. The number of likely N-dealkylation sites (tertiary alicyclic amines) is 2. The van der Waals surface area contributed by atoms with Gasteiger partial charge >= 0.3 is 0 Å². The fraction of sp³-hybridized carbons (Fsp3) is 0.562. The van der Waals surface area contributed by atoms with Crippen LogP contribution in [0.3, 0.4) is 0 Å². The third-order valence-electron chi connectivity index (χ3n) is 4.37. The summed E-state index contributed by atoms with van der Waals surface area (Å²) in [5, 5.41) is 9.35. The maximum Gasteiger partial charge on any atom is 0.240 e. The summed E-state index contributed by atoms with van der Waals surface area (Å²) >= 11 is 0. The highest BCUT2D eigenvalue weighted by molar-refractivity contribution is 5.82. The van der Waals surface area contributed by atoms with Crippen molar-refractivity contribution in [3.63, 3.8) is 0 Å². The van der Waals surface area contributed by atoms with E-state index in [0.717, 1.165) is 31.4 Å². The summed E-state index contributed by atoms with van der Waals surface area (Å²) in [6.45, 7) is 2.48. The molecule has 21 heavy (non-hydrogen) atoms. The Hall–Kier alpha value is -1.46. The van der Waals surface area contributed by atoms with E-state index in [1.165, 1.54) is 12.1 Å². The van der Waals surface area contributed by atoms with Crippen molar-refractivity contribution in [2.45, 2.75) is 38.0 Å². The highest BCUT2D eigenvalue weighted by Gasteiger charge is 2.37. The number of aliphatic hydroxyl groups excluding tert-OH is 1. The lowest BCUT2D eigenvalue weighted by molar-refractivity contribution is -0.148. The standard InChI is InChI=1S/C16H21FN2O2/c17-13-6-4-12(5-7-13)9-18-8-2-1-3-15(18)16(21)19-10-14(20)11-19/h4-7,14-15,20H,1-3,8-11H2. The van der Waals surface area contributed by atoms with Gasteiger partial charge in [0.25, 0.3) is 0 Å². The van der Waals surface area contributed by atoms with Gasteiger partial charge in [-0.2, -0.15) is 0 Å². The van der Waals surface area contributed by atoms with Crippen LogP contribution in [0.5, 0.6) is 0 Å². The first-order valence-electron chi connectivity index (χ1n) is 7.59. The minimum absolute atomic E-state index is 0.101. The Bertz CT molecular complexity index is 500. The van der Waals surface area contributed by atoms with Crippen molar-refractivity contribution in [3.8, 4) is 0 Å². The molecule has 0 bridgehead atoms. The maximum atomic E-state index is 13.0. The van der Waals surface area contributed by atoms with Gasteiger partial charge < -0.3 is 10.0 Å². The van der Waals surface area contributed by atoms with Crippen LogP contribution >= 0.6 is 0 Å². The fourth-order valence-electron chi connectivity index (χ4n) is 3.13. The van der Waals surface area contributed by atoms with Crippen LogP contribution in [0.25, 0.3) is 0 Å². The molecule has 2 heterocycles. The number of halogens is 1. The van der Waals surface area contributed by atoms with E-state index >= 15 is 0 Å². The van der Waals surface area contributed by atoms with E-state index in [9.17, 15) is 14.3 Å². The molecule has 1 N–H and O–H groups in total. The predicted molar refractivity (Wildman–Crippen MR) is 77.0 cm³/mol. The molecule has 0 radical (unpaired) electrons. The van der Waals surface area contributed by atoms with Crippen molar-refractivity contribution in [1.29, 1.82) is 0 Å². The van der Waals surface area contributed by atoms with Crippen molar-refractivity contribution in [2.24, 2.45) is 0 Å². The van der Waals surface area contributed by atoms with E-state index in [1.807, 2.05) is 0 Å². The molecule has 5 heteroatoms. The Morgan fingerprint density at radius 3 is 2.62 bits per heavy atom. The van der Waals surface area contributed by atoms with Crippen molar-refractivity contribution < 1.29 is 14.3 Å². The number of amides is 1. The molecule has 3 rings (SSSR count). The third-order valence-corrected chi connectivity index (χ3v) is 4.37. The van der Waals surface area contributed by atoms with Crippen molar-refractivity contribution in [2.75, 3.05) is 19.6 Å². The zero-order chi connectivity index (χ0) is 14.8. The first kappa shape index (κ1) is 14.5. The number of piperidine rings is 1. The second-order valence-corrected chi connectivity index (χ2v) is 6.01. The minimum atomic E-state index is -0.358. The van der Waals surface area contributed by atoms with Gasteiger partial charge in [0.1, 0.15) is 5.82 Å². The van der Waals surface area contributed by atoms with E-state index in [0.29, 0.717) is 19.6 Å². The lowest BCUT2D eigenvalue weighted by Gasteiger charge is -2.42.